The number of likely N-dealkylation sites (tertiary alicyclic amines) is 1. The van der Waals surface area contributed by atoms with Crippen molar-refractivity contribution >= 4 is 17.1 Å². The number of allylic oxidation sites excluding steroid dienone is 1. The minimum atomic E-state index is -3.54. The molecule has 38 heavy (non-hydrogen) atoms. The Balaban J connectivity index is 2.01. The van der Waals surface area contributed by atoms with E-state index in [-0.39, 0.29) is 30.1 Å². The number of nitrogens with zero attached hydrogens (tertiary/aromatic N) is 3. The standard InChI is InChI=1S/C27H37F2N3O6/c1-9-27(28,29)22-23(31-19-12-17(35-8)10-11-18(19)30-22)37-20-13-32(25(34)38-26(5,6)7)21(16(20)4)24(33)36-14-15(2)3/h9-12,15-16,20-21,24,33H,1,13-14H2,2-8H3/t16-,20+,21+,24?/m1/s1. The quantitative estimate of drug-likeness (QED) is 0.356. The molecule has 9 nitrogen and oxygen atoms in total. The molecule has 0 spiro atoms. The molecule has 0 saturated carbocycles. The Labute approximate surface area is 221 Å². The third-order valence-electron chi connectivity index (χ3n) is 6.06. The van der Waals surface area contributed by atoms with Crippen molar-refractivity contribution in [3.63, 3.8) is 0 Å². The van der Waals surface area contributed by atoms with E-state index in [1.165, 1.54) is 18.1 Å². The van der Waals surface area contributed by atoms with Crippen LogP contribution in [0.3, 0.4) is 0 Å². The molecule has 11 heteroatoms. The molecule has 4 atom stereocenters. The van der Waals surface area contributed by atoms with Gasteiger partial charge in [0.15, 0.2) is 12.0 Å². The van der Waals surface area contributed by atoms with Gasteiger partial charge in [0, 0.05) is 12.0 Å². The third-order valence-corrected chi connectivity index (χ3v) is 6.06. The van der Waals surface area contributed by atoms with Crippen molar-refractivity contribution in [3.8, 4) is 11.6 Å². The zero-order valence-corrected chi connectivity index (χ0v) is 22.9. The van der Waals surface area contributed by atoms with E-state index in [0.29, 0.717) is 11.8 Å². The Morgan fingerprint density at radius 2 is 1.95 bits per heavy atom. The van der Waals surface area contributed by atoms with Crippen LogP contribution in [0.25, 0.3) is 11.0 Å². The van der Waals surface area contributed by atoms with Crippen molar-refractivity contribution in [2.45, 2.75) is 71.5 Å². The minimum Gasteiger partial charge on any atom is -0.497 e. The van der Waals surface area contributed by atoms with Gasteiger partial charge in [-0.05, 0) is 44.9 Å². The van der Waals surface area contributed by atoms with Gasteiger partial charge in [-0.2, -0.15) is 8.78 Å². The summed E-state index contributed by atoms with van der Waals surface area (Å²) in [5.41, 5.74) is -0.995. The molecule has 3 rings (SSSR count). The number of carbonyl (C=O) groups excluding carboxylic acids is 1. The number of aliphatic hydroxyl groups is 1. The topological polar surface area (TPSA) is 103 Å². The number of hydrogen-bond acceptors (Lipinski definition) is 8. The van der Waals surface area contributed by atoms with E-state index in [4.69, 9.17) is 18.9 Å². The van der Waals surface area contributed by atoms with Crippen LogP contribution in [0.5, 0.6) is 11.6 Å². The summed E-state index contributed by atoms with van der Waals surface area (Å²) in [5.74, 6) is -3.89. The summed E-state index contributed by atoms with van der Waals surface area (Å²) in [5, 5.41) is 10.9. The smallest absolute Gasteiger partial charge is 0.410 e. The SMILES string of the molecule is C=CC(F)(F)c1nc2ccc(OC)cc2nc1O[C@H]1CN(C(=O)OC(C)(C)C)[C@H](C(O)OCC(C)C)[C@@H]1C. The second-order valence-corrected chi connectivity index (χ2v) is 10.8. The second kappa shape index (κ2) is 11.4. The Morgan fingerprint density at radius 3 is 2.53 bits per heavy atom. The largest absolute Gasteiger partial charge is 0.497 e. The van der Waals surface area contributed by atoms with Gasteiger partial charge in [-0.15, -0.1) is 0 Å². The maximum Gasteiger partial charge on any atom is 0.410 e. The second-order valence-electron chi connectivity index (χ2n) is 10.8. The number of rotatable bonds is 9. The first-order valence-corrected chi connectivity index (χ1v) is 12.5. The number of halogens is 2. The van der Waals surface area contributed by atoms with Gasteiger partial charge < -0.3 is 24.1 Å². The van der Waals surface area contributed by atoms with Crippen LogP contribution in [0, 0.1) is 11.8 Å². The van der Waals surface area contributed by atoms with Crippen molar-refractivity contribution in [1.82, 2.24) is 14.9 Å². The zero-order chi connectivity index (χ0) is 28.4. The van der Waals surface area contributed by atoms with E-state index in [9.17, 15) is 18.7 Å². The number of alkyl halides is 2. The highest BCUT2D eigenvalue weighted by Crippen LogP contribution is 2.38. The fourth-order valence-corrected chi connectivity index (χ4v) is 4.13. The first-order valence-electron chi connectivity index (χ1n) is 12.5. The monoisotopic (exact) mass is 537 g/mol. The lowest BCUT2D eigenvalue weighted by Gasteiger charge is -2.32. The maximum atomic E-state index is 14.9. The first-order chi connectivity index (χ1) is 17.7. The van der Waals surface area contributed by atoms with E-state index in [0.717, 1.165) is 0 Å². The lowest BCUT2D eigenvalue weighted by molar-refractivity contribution is -0.149. The van der Waals surface area contributed by atoms with Crippen molar-refractivity contribution in [2.24, 2.45) is 11.8 Å². The van der Waals surface area contributed by atoms with Gasteiger partial charge in [-0.25, -0.2) is 14.8 Å². The number of carbonyl (C=O) groups is 1. The molecule has 1 unspecified atom stereocenters. The summed E-state index contributed by atoms with van der Waals surface area (Å²) in [7, 11) is 1.48. The fourth-order valence-electron chi connectivity index (χ4n) is 4.13. The van der Waals surface area contributed by atoms with Crippen LogP contribution in [0.1, 0.15) is 47.2 Å². The van der Waals surface area contributed by atoms with Crippen LogP contribution in [0.15, 0.2) is 30.9 Å². The predicted octanol–water partition coefficient (Wildman–Crippen LogP) is 4.91. The summed E-state index contributed by atoms with van der Waals surface area (Å²) in [6.45, 7) is 14.2. The van der Waals surface area contributed by atoms with Gasteiger partial charge in [-0.1, -0.05) is 27.4 Å². The van der Waals surface area contributed by atoms with Crippen molar-refractivity contribution in [1.29, 1.82) is 0 Å². The Kier molecular flexibility index (Phi) is 8.82. The van der Waals surface area contributed by atoms with Gasteiger partial charge in [0.2, 0.25) is 5.88 Å². The molecule has 1 amide bonds. The van der Waals surface area contributed by atoms with Crippen LogP contribution >= 0.6 is 0 Å². The molecule has 1 saturated heterocycles. The van der Waals surface area contributed by atoms with Crippen molar-refractivity contribution in [2.75, 3.05) is 20.3 Å². The fraction of sp³-hybridized carbons (Fsp3) is 0.593. The highest BCUT2D eigenvalue weighted by Gasteiger charge is 2.49. The van der Waals surface area contributed by atoms with E-state index >= 15 is 0 Å². The molecule has 0 bridgehead atoms. The maximum absolute atomic E-state index is 14.9. The van der Waals surface area contributed by atoms with Gasteiger partial charge in [0.05, 0.1) is 37.3 Å². The molecule has 210 valence electrons. The van der Waals surface area contributed by atoms with Crippen LogP contribution in [0.2, 0.25) is 0 Å². The lowest BCUT2D eigenvalue weighted by atomic mass is 10.00. The van der Waals surface area contributed by atoms with Gasteiger partial charge >= 0.3 is 12.0 Å². The first kappa shape index (κ1) is 29.5. The van der Waals surface area contributed by atoms with E-state index in [1.54, 1.807) is 39.8 Å². The summed E-state index contributed by atoms with van der Waals surface area (Å²) in [6.07, 6.45) is -2.40. The molecular formula is C27H37F2N3O6. The molecule has 1 aromatic carbocycles. The van der Waals surface area contributed by atoms with Crippen LogP contribution in [-0.2, 0) is 15.4 Å². The molecule has 0 radical (unpaired) electrons. The molecule has 0 aliphatic carbocycles. The highest BCUT2D eigenvalue weighted by atomic mass is 19.3. The van der Waals surface area contributed by atoms with E-state index < -0.39 is 53.5 Å². The van der Waals surface area contributed by atoms with E-state index in [1.807, 2.05) is 13.8 Å². The number of hydrogen-bond donors (Lipinski definition) is 1. The molecule has 1 aliphatic rings. The average molecular weight is 538 g/mol. The van der Waals surface area contributed by atoms with E-state index in [2.05, 4.69) is 16.5 Å². The molecule has 2 aromatic rings. The van der Waals surface area contributed by atoms with Gasteiger partial charge in [0.25, 0.3) is 0 Å². The number of methoxy groups -OCH3 is 1. The number of fused-ring (bicyclic) bond motifs is 1. The minimum absolute atomic E-state index is 0.0558. The summed E-state index contributed by atoms with van der Waals surface area (Å²) < 4.78 is 52.2. The average Bonchev–Trinajstić information content (AvgIpc) is 3.16. The molecular weight excluding hydrogens is 500 g/mol. The van der Waals surface area contributed by atoms with Crippen molar-refractivity contribution < 1.29 is 37.6 Å². The van der Waals surface area contributed by atoms with Crippen LogP contribution in [-0.4, -0.2) is 70.4 Å². The number of benzene rings is 1. The zero-order valence-electron chi connectivity index (χ0n) is 22.9. The number of amides is 1. The van der Waals surface area contributed by atoms with Gasteiger partial charge in [-0.3, -0.25) is 4.90 Å². The molecule has 1 aliphatic heterocycles. The summed E-state index contributed by atoms with van der Waals surface area (Å²) in [6, 6.07) is 3.82. The highest BCUT2D eigenvalue weighted by molar-refractivity contribution is 5.77. The van der Waals surface area contributed by atoms with Gasteiger partial charge in [0.1, 0.15) is 17.5 Å². The predicted molar refractivity (Wildman–Crippen MR) is 137 cm³/mol. The molecule has 1 fully saturated rings. The summed E-state index contributed by atoms with van der Waals surface area (Å²) >= 11 is 0. The number of aliphatic hydroxyl groups excluding tert-OH is 1. The Hall–Kier alpha value is -3.05. The Bertz CT molecular complexity index is 1150. The number of ether oxygens (including phenoxy) is 4. The lowest BCUT2D eigenvalue weighted by Crippen LogP contribution is -2.48. The van der Waals surface area contributed by atoms with Crippen LogP contribution in [0.4, 0.5) is 13.6 Å². The normalized spacial score (nSPS) is 21.0. The molecule has 2 heterocycles. The van der Waals surface area contributed by atoms with Crippen molar-refractivity contribution in [3.05, 3.63) is 36.5 Å². The summed E-state index contributed by atoms with van der Waals surface area (Å²) in [4.78, 5) is 22.9. The van der Waals surface area contributed by atoms with Crippen LogP contribution < -0.4 is 9.47 Å². The Morgan fingerprint density at radius 1 is 1.26 bits per heavy atom. The molecule has 1 aromatic heterocycles. The number of aromatic nitrogens is 2. The third kappa shape index (κ3) is 6.68. The molecule has 1 N–H and O–H groups in total.